The molecule has 0 rings (SSSR count). The van der Waals surface area contributed by atoms with E-state index in [0.717, 1.165) is 6.42 Å². The minimum Gasteiger partial charge on any atom is -0.464 e. The second-order valence-electron chi connectivity index (χ2n) is 3.19. The Kier molecular flexibility index (Phi) is 6.97. The number of rotatable bonds is 6. The average molecular weight is 226 g/mol. The van der Waals surface area contributed by atoms with Gasteiger partial charge in [0.05, 0.1) is 13.2 Å². The molecule has 0 spiro atoms. The first kappa shape index (κ1) is 14.5. The lowest BCUT2D eigenvalue weighted by atomic mass is 10.2. The zero-order valence-electron chi connectivity index (χ0n) is 9.73. The summed E-state index contributed by atoms with van der Waals surface area (Å²) in [5, 5.41) is 0. The topological polar surface area (TPSA) is 72.6 Å². The van der Waals surface area contributed by atoms with Crippen LogP contribution in [0.25, 0.3) is 0 Å². The number of nitrogens with zero attached hydrogens (tertiary/aromatic N) is 1. The highest BCUT2D eigenvalue weighted by molar-refractivity contribution is 6.01. The van der Waals surface area contributed by atoms with Crippen molar-refractivity contribution in [1.29, 1.82) is 0 Å². The van der Waals surface area contributed by atoms with Crippen LogP contribution in [0.1, 0.15) is 20.3 Å². The van der Waals surface area contributed by atoms with Crippen molar-refractivity contribution in [2.75, 3.05) is 19.7 Å². The summed E-state index contributed by atoms with van der Waals surface area (Å²) < 4.78 is 4.67. The van der Waals surface area contributed by atoms with E-state index in [1.807, 2.05) is 6.92 Å². The molecule has 0 aliphatic heterocycles. The maximum absolute atomic E-state index is 11.7. The SMILES string of the molecule is C#CCN(CCC)C(=O)C(N)C(=O)OCC. The molecule has 1 atom stereocenters. The van der Waals surface area contributed by atoms with Gasteiger partial charge in [-0.05, 0) is 13.3 Å². The average Bonchev–Trinajstić information content (AvgIpc) is 2.27. The third-order valence-corrected chi connectivity index (χ3v) is 1.89. The maximum atomic E-state index is 11.7. The van der Waals surface area contributed by atoms with Crippen LogP contribution in [0.4, 0.5) is 0 Å². The predicted molar refractivity (Wildman–Crippen MR) is 60.3 cm³/mol. The normalized spacial score (nSPS) is 11.4. The van der Waals surface area contributed by atoms with E-state index in [1.165, 1.54) is 4.90 Å². The van der Waals surface area contributed by atoms with Crippen LogP contribution in [0.15, 0.2) is 0 Å². The Morgan fingerprint density at radius 1 is 1.50 bits per heavy atom. The quantitative estimate of drug-likeness (QED) is 0.385. The zero-order chi connectivity index (χ0) is 12.6. The van der Waals surface area contributed by atoms with E-state index in [0.29, 0.717) is 6.54 Å². The molecule has 0 bridgehead atoms. The van der Waals surface area contributed by atoms with Gasteiger partial charge in [0.25, 0.3) is 5.91 Å². The van der Waals surface area contributed by atoms with Gasteiger partial charge in [0, 0.05) is 6.54 Å². The van der Waals surface area contributed by atoms with Gasteiger partial charge in [-0.1, -0.05) is 12.8 Å². The second-order valence-corrected chi connectivity index (χ2v) is 3.19. The van der Waals surface area contributed by atoms with Crippen LogP contribution in [-0.4, -0.2) is 42.5 Å². The Bertz CT molecular complexity index is 283. The van der Waals surface area contributed by atoms with Crippen molar-refractivity contribution < 1.29 is 14.3 Å². The summed E-state index contributed by atoms with van der Waals surface area (Å²) in [6.07, 6.45) is 5.88. The Morgan fingerprint density at radius 3 is 2.56 bits per heavy atom. The summed E-state index contributed by atoms with van der Waals surface area (Å²) in [5.74, 6) is 1.15. The summed E-state index contributed by atoms with van der Waals surface area (Å²) in [5.41, 5.74) is 5.47. The van der Waals surface area contributed by atoms with E-state index >= 15 is 0 Å². The molecule has 0 fully saturated rings. The third kappa shape index (κ3) is 4.32. The van der Waals surface area contributed by atoms with Gasteiger partial charge < -0.3 is 15.4 Å². The van der Waals surface area contributed by atoms with Crippen molar-refractivity contribution >= 4 is 11.9 Å². The molecule has 1 unspecified atom stereocenters. The number of carbonyl (C=O) groups is 2. The number of nitrogens with two attached hydrogens (primary N) is 1. The van der Waals surface area contributed by atoms with Crippen LogP contribution >= 0.6 is 0 Å². The molecular formula is C11H18N2O3. The Hall–Kier alpha value is -1.54. The summed E-state index contributed by atoms with van der Waals surface area (Å²) >= 11 is 0. The van der Waals surface area contributed by atoms with Gasteiger partial charge in [0.2, 0.25) is 0 Å². The Balaban J connectivity index is 4.48. The van der Waals surface area contributed by atoms with Crippen LogP contribution in [0.5, 0.6) is 0 Å². The van der Waals surface area contributed by atoms with E-state index in [1.54, 1.807) is 6.92 Å². The fraction of sp³-hybridized carbons (Fsp3) is 0.636. The van der Waals surface area contributed by atoms with Gasteiger partial charge in [-0.15, -0.1) is 6.42 Å². The van der Waals surface area contributed by atoms with Crippen LogP contribution in [0.3, 0.4) is 0 Å². The van der Waals surface area contributed by atoms with Gasteiger partial charge in [-0.25, -0.2) is 4.79 Å². The number of hydrogen-bond acceptors (Lipinski definition) is 4. The molecule has 90 valence electrons. The highest BCUT2D eigenvalue weighted by atomic mass is 16.5. The molecule has 0 aromatic carbocycles. The van der Waals surface area contributed by atoms with Crippen molar-refractivity contribution in [3.63, 3.8) is 0 Å². The zero-order valence-corrected chi connectivity index (χ0v) is 9.73. The smallest absolute Gasteiger partial charge is 0.332 e. The van der Waals surface area contributed by atoms with Crippen molar-refractivity contribution in [1.82, 2.24) is 4.90 Å². The Morgan fingerprint density at radius 2 is 2.12 bits per heavy atom. The first-order valence-electron chi connectivity index (χ1n) is 5.22. The van der Waals surface area contributed by atoms with E-state index < -0.39 is 17.9 Å². The van der Waals surface area contributed by atoms with Crippen LogP contribution in [0.2, 0.25) is 0 Å². The highest BCUT2D eigenvalue weighted by Crippen LogP contribution is 1.97. The number of esters is 1. The summed E-state index contributed by atoms with van der Waals surface area (Å²) in [4.78, 5) is 24.4. The number of hydrogen-bond donors (Lipinski definition) is 1. The number of ether oxygens (including phenoxy) is 1. The summed E-state index contributed by atoms with van der Waals surface area (Å²) in [6, 6.07) is -1.28. The molecule has 0 aliphatic rings. The molecule has 0 aromatic heterocycles. The lowest BCUT2D eigenvalue weighted by Crippen LogP contribution is -2.49. The number of terminal acetylenes is 1. The van der Waals surface area contributed by atoms with Crippen molar-refractivity contribution in [2.24, 2.45) is 5.73 Å². The van der Waals surface area contributed by atoms with Gasteiger partial charge >= 0.3 is 5.97 Å². The van der Waals surface area contributed by atoms with Crippen LogP contribution < -0.4 is 5.73 Å². The largest absolute Gasteiger partial charge is 0.464 e. The fourth-order valence-corrected chi connectivity index (χ4v) is 1.18. The van der Waals surface area contributed by atoms with Crippen LogP contribution in [-0.2, 0) is 14.3 Å². The molecule has 5 heteroatoms. The first-order chi connectivity index (χ1) is 7.58. The lowest BCUT2D eigenvalue weighted by molar-refractivity contribution is -0.150. The maximum Gasteiger partial charge on any atom is 0.332 e. The lowest BCUT2D eigenvalue weighted by Gasteiger charge is -2.22. The van der Waals surface area contributed by atoms with Gasteiger partial charge in [0.1, 0.15) is 0 Å². The van der Waals surface area contributed by atoms with E-state index in [-0.39, 0.29) is 13.2 Å². The molecular weight excluding hydrogens is 208 g/mol. The fourth-order valence-electron chi connectivity index (χ4n) is 1.18. The molecule has 0 saturated carbocycles. The highest BCUT2D eigenvalue weighted by Gasteiger charge is 2.27. The van der Waals surface area contributed by atoms with E-state index in [9.17, 15) is 9.59 Å². The van der Waals surface area contributed by atoms with E-state index in [2.05, 4.69) is 10.7 Å². The van der Waals surface area contributed by atoms with Crippen molar-refractivity contribution in [3.05, 3.63) is 0 Å². The molecule has 0 heterocycles. The first-order valence-corrected chi connectivity index (χ1v) is 5.22. The standard InChI is InChI=1S/C11H18N2O3/c1-4-7-13(8-5-2)10(14)9(12)11(15)16-6-3/h1,9H,5-8,12H2,2-3H3. The molecule has 0 aromatic rings. The molecule has 5 nitrogen and oxygen atoms in total. The van der Waals surface area contributed by atoms with Gasteiger partial charge in [-0.2, -0.15) is 0 Å². The van der Waals surface area contributed by atoms with Crippen LogP contribution in [0, 0.1) is 12.3 Å². The number of amides is 1. The summed E-state index contributed by atoms with van der Waals surface area (Å²) in [7, 11) is 0. The molecule has 0 radical (unpaired) electrons. The molecule has 2 N–H and O–H groups in total. The molecule has 0 saturated heterocycles. The van der Waals surface area contributed by atoms with Gasteiger partial charge in [-0.3, -0.25) is 4.79 Å². The second kappa shape index (κ2) is 7.71. The Labute approximate surface area is 95.9 Å². The third-order valence-electron chi connectivity index (χ3n) is 1.89. The van der Waals surface area contributed by atoms with Gasteiger partial charge in [0.15, 0.2) is 6.04 Å². The van der Waals surface area contributed by atoms with E-state index in [4.69, 9.17) is 12.2 Å². The summed E-state index contributed by atoms with van der Waals surface area (Å²) in [6.45, 7) is 4.39. The number of carbonyl (C=O) groups excluding carboxylic acids is 2. The van der Waals surface area contributed by atoms with Crippen molar-refractivity contribution in [3.8, 4) is 12.3 Å². The minimum atomic E-state index is -1.28. The minimum absolute atomic E-state index is 0.153. The molecule has 0 aliphatic carbocycles. The van der Waals surface area contributed by atoms with Crippen molar-refractivity contribution in [2.45, 2.75) is 26.3 Å². The molecule has 16 heavy (non-hydrogen) atoms. The molecule has 1 amide bonds. The predicted octanol–water partition coefficient (Wildman–Crippen LogP) is -0.251. The monoisotopic (exact) mass is 226 g/mol.